The molecule has 1 fully saturated rings. The number of aromatic nitrogens is 2. The number of hydrogen-bond acceptors (Lipinski definition) is 1. The average molecular weight is 224 g/mol. The van der Waals surface area contributed by atoms with Crippen LogP contribution in [0.4, 0.5) is 0 Å². The van der Waals surface area contributed by atoms with Gasteiger partial charge in [-0.3, -0.25) is 0 Å². The van der Waals surface area contributed by atoms with Gasteiger partial charge in [0.05, 0.1) is 0 Å². The number of nitrogens with one attached hydrogen (secondary N) is 1. The molecule has 1 saturated carbocycles. The lowest BCUT2D eigenvalue weighted by Gasteiger charge is -2.36. The number of imidazole rings is 1. The molecule has 84 valence electrons. The van der Waals surface area contributed by atoms with Crippen LogP contribution in [0.25, 0.3) is 0 Å². The molecule has 0 aromatic carbocycles. The van der Waals surface area contributed by atoms with E-state index in [4.69, 9.17) is 12.2 Å². The Morgan fingerprint density at radius 3 is 2.80 bits per heavy atom. The molecule has 1 atom stereocenters. The normalized spacial score (nSPS) is 25.4. The summed E-state index contributed by atoms with van der Waals surface area (Å²) in [6, 6.07) is 0.604. The van der Waals surface area contributed by atoms with Crippen molar-refractivity contribution in [3.05, 3.63) is 16.7 Å². The molecule has 0 saturated heterocycles. The second kappa shape index (κ2) is 3.78. The molecule has 1 aromatic heterocycles. The van der Waals surface area contributed by atoms with Gasteiger partial charge in [-0.25, -0.2) is 0 Å². The highest BCUT2D eigenvalue weighted by molar-refractivity contribution is 7.71. The lowest BCUT2D eigenvalue weighted by Crippen LogP contribution is -2.25. The molecule has 3 heteroatoms. The Labute approximate surface area is 96.7 Å². The van der Waals surface area contributed by atoms with Gasteiger partial charge in [-0.15, -0.1) is 0 Å². The molecule has 1 aromatic rings. The van der Waals surface area contributed by atoms with E-state index in [-0.39, 0.29) is 0 Å². The molecule has 2 rings (SSSR count). The van der Waals surface area contributed by atoms with E-state index in [1.54, 1.807) is 0 Å². The van der Waals surface area contributed by atoms with Crippen LogP contribution in [0, 0.1) is 17.1 Å². The maximum Gasteiger partial charge on any atom is 0.177 e. The Morgan fingerprint density at radius 2 is 2.27 bits per heavy atom. The highest BCUT2D eigenvalue weighted by atomic mass is 32.1. The van der Waals surface area contributed by atoms with Gasteiger partial charge in [0.25, 0.3) is 0 Å². The zero-order chi connectivity index (χ0) is 11.1. The number of H-pyrrole nitrogens is 1. The largest absolute Gasteiger partial charge is 0.337 e. The summed E-state index contributed by atoms with van der Waals surface area (Å²) in [5.74, 6) is 0. The topological polar surface area (TPSA) is 20.7 Å². The summed E-state index contributed by atoms with van der Waals surface area (Å²) >= 11 is 5.34. The van der Waals surface area contributed by atoms with E-state index in [9.17, 15) is 0 Å². The van der Waals surface area contributed by atoms with Crippen LogP contribution in [-0.2, 0) is 0 Å². The third-order valence-corrected chi connectivity index (χ3v) is 3.86. The first-order chi connectivity index (χ1) is 6.99. The summed E-state index contributed by atoms with van der Waals surface area (Å²) in [6.45, 7) is 6.86. The standard InChI is InChI=1S/C12H20N2S/c1-9-8-13-11(15)14(9)10-5-4-6-12(2,3)7-10/h8,10H,4-7H2,1-3H3,(H,13,15). The summed E-state index contributed by atoms with van der Waals surface area (Å²) in [5.41, 5.74) is 1.74. The van der Waals surface area contributed by atoms with Crippen molar-refractivity contribution in [1.82, 2.24) is 9.55 Å². The van der Waals surface area contributed by atoms with Gasteiger partial charge in [0.1, 0.15) is 0 Å². The molecule has 1 heterocycles. The predicted octanol–water partition coefficient (Wildman–Crippen LogP) is 4.00. The highest BCUT2D eigenvalue weighted by Gasteiger charge is 2.29. The van der Waals surface area contributed by atoms with E-state index < -0.39 is 0 Å². The van der Waals surface area contributed by atoms with Crippen molar-refractivity contribution >= 4 is 12.2 Å². The molecule has 15 heavy (non-hydrogen) atoms. The van der Waals surface area contributed by atoms with Gasteiger partial charge in [0.15, 0.2) is 4.77 Å². The predicted molar refractivity (Wildman–Crippen MR) is 65.6 cm³/mol. The van der Waals surface area contributed by atoms with Gasteiger partial charge in [-0.05, 0) is 43.8 Å². The highest BCUT2D eigenvalue weighted by Crippen LogP contribution is 2.41. The van der Waals surface area contributed by atoms with Crippen LogP contribution in [0.1, 0.15) is 51.3 Å². The minimum absolute atomic E-state index is 0.474. The quantitative estimate of drug-likeness (QED) is 0.715. The average Bonchev–Trinajstić information content (AvgIpc) is 2.44. The van der Waals surface area contributed by atoms with E-state index in [0.717, 1.165) is 4.77 Å². The van der Waals surface area contributed by atoms with Crippen molar-refractivity contribution in [3.8, 4) is 0 Å². The first-order valence-electron chi connectivity index (χ1n) is 5.76. The van der Waals surface area contributed by atoms with Crippen LogP contribution < -0.4 is 0 Å². The Balaban J connectivity index is 2.28. The number of aromatic amines is 1. The molecule has 0 spiro atoms. The SMILES string of the molecule is Cc1c[nH]c(=S)n1C1CCCC(C)(C)C1. The first kappa shape index (κ1) is 10.9. The van der Waals surface area contributed by atoms with E-state index in [0.29, 0.717) is 11.5 Å². The zero-order valence-electron chi connectivity index (χ0n) is 9.84. The van der Waals surface area contributed by atoms with Crippen molar-refractivity contribution in [2.75, 3.05) is 0 Å². The third kappa shape index (κ3) is 2.17. The summed E-state index contributed by atoms with van der Waals surface area (Å²) in [4.78, 5) is 3.14. The molecule has 0 amide bonds. The van der Waals surface area contributed by atoms with Crippen LogP contribution in [0.15, 0.2) is 6.20 Å². The molecule has 1 N–H and O–H groups in total. The molecular formula is C12H20N2S. The van der Waals surface area contributed by atoms with E-state index >= 15 is 0 Å². The Morgan fingerprint density at radius 1 is 1.53 bits per heavy atom. The monoisotopic (exact) mass is 224 g/mol. The van der Waals surface area contributed by atoms with E-state index in [1.165, 1.54) is 31.4 Å². The molecule has 0 radical (unpaired) electrons. The molecule has 2 nitrogen and oxygen atoms in total. The second-order valence-corrected chi connectivity index (χ2v) is 5.91. The Bertz CT molecular complexity index is 400. The fraction of sp³-hybridized carbons (Fsp3) is 0.750. The molecule has 0 aliphatic heterocycles. The minimum atomic E-state index is 0.474. The number of nitrogens with zero attached hydrogens (tertiary/aromatic N) is 1. The van der Waals surface area contributed by atoms with E-state index in [1.807, 2.05) is 6.20 Å². The van der Waals surface area contributed by atoms with Crippen molar-refractivity contribution < 1.29 is 0 Å². The maximum atomic E-state index is 5.34. The van der Waals surface area contributed by atoms with Gasteiger partial charge in [0.2, 0.25) is 0 Å². The summed E-state index contributed by atoms with van der Waals surface area (Å²) in [7, 11) is 0. The van der Waals surface area contributed by atoms with Gasteiger partial charge >= 0.3 is 0 Å². The van der Waals surface area contributed by atoms with Crippen LogP contribution in [0.3, 0.4) is 0 Å². The first-order valence-corrected chi connectivity index (χ1v) is 6.17. The summed E-state index contributed by atoms with van der Waals surface area (Å²) in [5, 5.41) is 0. The summed E-state index contributed by atoms with van der Waals surface area (Å²) in [6.07, 6.45) is 7.21. The lowest BCUT2D eigenvalue weighted by molar-refractivity contribution is 0.181. The fourth-order valence-electron chi connectivity index (χ4n) is 2.80. The molecular weight excluding hydrogens is 204 g/mol. The Hall–Kier alpha value is -0.570. The third-order valence-electron chi connectivity index (χ3n) is 3.55. The van der Waals surface area contributed by atoms with Gasteiger partial charge in [-0.2, -0.15) is 0 Å². The smallest absolute Gasteiger partial charge is 0.177 e. The van der Waals surface area contributed by atoms with Crippen LogP contribution in [-0.4, -0.2) is 9.55 Å². The molecule has 1 unspecified atom stereocenters. The zero-order valence-corrected chi connectivity index (χ0v) is 10.7. The second-order valence-electron chi connectivity index (χ2n) is 5.52. The number of rotatable bonds is 1. The summed E-state index contributed by atoms with van der Waals surface area (Å²) < 4.78 is 3.19. The molecule has 0 bridgehead atoms. The lowest BCUT2D eigenvalue weighted by atomic mass is 9.75. The van der Waals surface area contributed by atoms with E-state index in [2.05, 4.69) is 30.3 Å². The van der Waals surface area contributed by atoms with Gasteiger partial charge in [0, 0.05) is 17.9 Å². The van der Waals surface area contributed by atoms with Crippen LogP contribution >= 0.6 is 12.2 Å². The fourth-order valence-corrected chi connectivity index (χ4v) is 3.15. The molecule has 1 aliphatic rings. The van der Waals surface area contributed by atoms with Crippen molar-refractivity contribution in [2.45, 2.75) is 52.5 Å². The molecule has 1 aliphatic carbocycles. The number of hydrogen-bond donors (Lipinski definition) is 1. The van der Waals surface area contributed by atoms with Crippen molar-refractivity contribution in [1.29, 1.82) is 0 Å². The minimum Gasteiger partial charge on any atom is -0.337 e. The van der Waals surface area contributed by atoms with Gasteiger partial charge in [-0.1, -0.05) is 20.3 Å². The van der Waals surface area contributed by atoms with Crippen LogP contribution in [0.5, 0.6) is 0 Å². The Kier molecular flexibility index (Phi) is 2.75. The van der Waals surface area contributed by atoms with Crippen molar-refractivity contribution in [2.24, 2.45) is 5.41 Å². The maximum absolute atomic E-state index is 5.34. The number of aryl methyl sites for hydroxylation is 1. The van der Waals surface area contributed by atoms with Gasteiger partial charge < -0.3 is 9.55 Å². The van der Waals surface area contributed by atoms with Crippen LogP contribution in [0.2, 0.25) is 0 Å². The van der Waals surface area contributed by atoms with Crippen molar-refractivity contribution in [3.63, 3.8) is 0 Å².